The average Bonchev–Trinajstić information content (AvgIpc) is 1.83. The van der Waals surface area contributed by atoms with Gasteiger partial charge >= 0.3 is 0 Å². The van der Waals surface area contributed by atoms with Gasteiger partial charge in [0.25, 0.3) is 0 Å². The van der Waals surface area contributed by atoms with Crippen LogP contribution in [0.3, 0.4) is 0 Å². The molecule has 0 aromatic carbocycles. The molecule has 0 saturated carbocycles. The third kappa shape index (κ3) is 1.30. The molecule has 0 saturated heterocycles. The van der Waals surface area contributed by atoms with E-state index < -0.39 is 0 Å². The molecule has 1 rings (SSSR count). The molecule has 1 nitrogen and oxygen atoms in total. The first-order valence-electron chi connectivity index (χ1n) is 2.77. The van der Waals surface area contributed by atoms with E-state index in [1.54, 1.807) is 6.92 Å². The number of rotatable bonds is 0. The molecule has 3 heteroatoms. The molecule has 0 aromatic rings. The summed E-state index contributed by atoms with van der Waals surface area (Å²) in [6.45, 7) is 2.35. The molecule has 0 aliphatic carbocycles. The number of hydrogen-bond donors (Lipinski definition) is 0. The van der Waals surface area contributed by atoms with Crippen LogP contribution in [0.4, 0.5) is 4.39 Å². The van der Waals surface area contributed by atoms with Crippen LogP contribution in [0.1, 0.15) is 13.3 Å². The van der Waals surface area contributed by atoms with E-state index in [1.165, 1.54) is 0 Å². The van der Waals surface area contributed by atoms with Crippen LogP contribution in [0, 0.1) is 0 Å². The van der Waals surface area contributed by atoms with Gasteiger partial charge in [-0.05, 0) is 18.9 Å². The zero-order chi connectivity index (χ0) is 6.85. The average molecular weight is 148 g/mol. The predicted octanol–water partition coefficient (Wildman–Crippen LogP) is 2.27. The molecule has 1 aliphatic heterocycles. The van der Waals surface area contributed by atoms with Gasteiger partial charge in [-0.2, -0.15) is 0 Å². The van der Waals surface area contributed by atoms with E-state index >= 15 is 0 Å². The van der Waals surface area contributed by atoms with Gasteiger partial charge in [0, 0.05) is 6.54 Å². The lowest BCUT2D eigenvalue weighted by atomic mass is 10.2. The number of dihydropyridines is 1. The lowest BCUT2D eigenvalue weighted by Crippen LogP contribution is -2.01. The molecule has 0 radical (unpaired) electrons. The van der Waals surface area contributed by atoms with Gasteiger partial charge in [0.1, 0.15) is 0 Å². The molecule has 1 heterocycles. The Morgan fingerprint density at radius 3 is 2.78 bits per heavy atom. The minimum Gasteiger partial charge on any atom is -0.270 e. The highest BCUT2D eigenvalue weighted by Gasteiger charge is 2.10. The maximum absolute atomic E-state index is 12.6. The van der Waals surface area contributed by atoms with E-state index in [0.717, 1.165) is 0 Å². The molecule has 9 heavy (non-hydrogen) atoms. The summed E-state index contributed by atoms with van der Waals surface area (Å²) < 4.78 is 12.6. The molecule has 0 fully saturated rings. The topological polar surface area (TPSA) is 12.4 Å². The molecule has 0 bridgehead atoms. The maximum atomic E-state index is 12.6. The van der Waals surface area contributed by atoms with Crippen LogP contribution in [-0.4, -0.2) is 11.7 Å². The van der Waals surface area contributed by atoms with E-state index in [1.807, 2.05) is 0 Å². The Labute approximate surface area is 58.2 Å². The Morgan fingerprint density at radius 1 is 1.67 bits per heavy atom. The normalized spacial score (nSPS) is 20.1. The van der Waals surface area contributed by atoms with Crippen molar-refractivity contribution < 1.29 is 4.39 Å². The second kappa shape index (κ2) is 2.48. The zero-order valence-electron chi connectivity index (χ0n) is 5.12. The fourth-order valence-electron chi connectivity index (χ4n) is 0.677. The molecular weight excluding hydrogens is 141 g/mol. The first kappa shape index (κ1) is 6.75. The SMILES string of the molecule is CC1=C(F)C(Cl)=NCC1. The smallest absolute Gasteiger partial charge is 0.159 e. The third-order valence-electron chi connectivity index (χ3n) is 1.29. The molecule has 0 unspecified atom stereocenters. The van der Waals surface area contributed by atoms with Gasteiger partial charge in [0.05, 0.1) is 0 Å². The first-order chi connectivity index (χ1) is 4.22. The van der Waals surface area contributed by atoms with E-state index in [0.29, 0.717) is 18.5 Å². The lowest BCUT2D eigenvalue weighted by Gasteiger charge is -2.06. The van der Waals surface area contributed by atoms with Crippen LogP contribution < -0.4 is 0 Å². The van der Waals surface area contributed by atoms with Gasteiger partial charge in [0.15, 0.2) is 11.0 Å². The van der Waals surface area contributed by atoms with Crippen LogP contribution in [0.15, 0.2) is 16.4 Å². The van der Waals surface area contributed by atoms with E-state index in [4.69, 9.17) is 11.6 Å². The van der Waals surface area contributed by atoms with Gasteiger partial charge in [-0.25, -0.2) is 4.39 Å². The Balaban J connectivity index is 2.88. The highest BCUT2D eigenvalue weighted by molar-refractivity contribution is 6.69. The number of halogens is 2. The van der Waals surface area contributed by atoms with Crippen LogP contribution in [0.25, 0.3) is 0 Å². The van der Waals surface area contributed by atoms with Crippen molar-refractivity contribution in [3.05, 3.63) is 11.4 Å². The van der Waals surface area contributed by atoms with E-state index in [-0.39, 0.29) is 11.0 Å². The largest absolute Gasteiger partial charge is 0.270 e. The van der Waals surface area contributed by atoms with Gasteiger partial charge < -0.3 is 0 Å². The summed E-state index contributed by atoms with van der Waals surface area (Å²) in [5.41, 5.74) is 0.704. The molecule has 0 spiro atoms. The molecule has 0 atom stereocenters. The minimum atomic E-state index is -0.345. The van der Waals surface area contributed by atoms with Crippen LogP contribution in [-0.2, 0) is 0 Å². The van der Waals surface area contributed by atoms with Crippen molar-refractivity contribution in [2.75, 3.05) is 6.54 Å². The van der Waals surface area contributed by atoms with Crippen LogP contribution >= 0.6 is 11.6 Å². The highest BCUT2D eigenvalue weighted by Crippen LogP contribution is 2.18. The fraction of sp³-hybridized carbons (Fsp3) is 0.500. The Bertz CT molecular complexity index is 183. The molecule has 0 N–H and O–H groups in total. The summed E-state index contributed by atoms with van der Waals surface area (Å²) in [5.74, 6) is -0.345. The summed E-state index contributed by atoms with van der Waals surface area (Å²) in [7, 11) is 0. The van der Waals surface area contributed by atoms with Gasteiger partial charge in [-0.3, -0.25) is 4.99 Å². The standard InChI is InChI=1S/C6H7ClFN/c1-4-2-3-9-6(7)5(4)8/h2-3H2,1H3. The summed E-state index contributed by atoms with van der Waals surface area (Å²) in [6, 6.07) is 0. The summed E-state index contributed by atoms with van der Waals surface area (Å²) in [4.78, 5) is 3.71. The molecule has 1 aliphatic rings. The lowest BCUT2D eigenvalue weighted by molar-refractivity contribution is 0.653. The van der Waals surface area contributed by atoms with Crippen LogP contribution in [0.2, 0.25) is 0 Å². The molecular formula is C6H7ClFN. The monoisotopic (exact) mass is 147 g/mol. The second-order valence-corrected chi connectivity index (χ2v) is 2.37. The van der Waals surface area contributed by atoms with Gasteiger partial charge in [0.2, 0.25) is 0 Å². The summed E-state index contributed by atoms with van der Waals surface area (Å²) in [5, 5.41) is 0.0266. The maximum Gasteiger partial charge on any atom is 0.159 e. The van der Waals surface area contributed by atoms with Crippen LogP contribution in [0.5, 0.6) is 0 Å². The van der Waals surface area contributed by atoms with Crippen molar-refractivity contribution in [3.8, 4) is 0 Å². The van der Waals surface area contributed by atoms with Gasteiger partial charge in [-0.1, -0.05) is 11.6 Å². The number of hydrogen-bond acceptors (Lipinski definition) is 1. The van der Waals surface area contributed by atoms with Crippen molar-refractivity contribution >= 4 is 16.8 Å². The predicted molar refractivity (Wildman–Crippen MR) is 36.6 cm³/mol. The Kier molecular flexibility index (Phi) is 1.86. The van der Waals surface area contributed by atoms with Crippen molar-refractivity contribution in [2.24, 2.45) is 4.99 Å². The van der Waals surface area contributed by atoms with E-state index in [2.05, 4.69) is 4.99 Å². The number of allylic oxidation sites excluding steroid dienone is 1. The number of aliphatic imine (C=N–C) groups is 1. The quantitative estimate of drug-likeness (QED) is 0.499. The third-order valence-corrected chi connectivity index (χ3v) is 1.58. The highest BCUT2D eigenvalue weighted by atomic mass is 35.5. The summed E-state index contributed by atoms with van der Waals surface area (Å²) in [6.07, 6.45) is 0.696. The van der Waals surface area contributed by atoms with Crippen molar-refractivity contribution in [1.82, 2.24) is 0 Å². The van der Waals surface area contributed by atoms with Crippen molar-refractivity contribution in [1.29, 1.82) is 0 Å². The minimum absolute atomic E-state index is 0.0266. The second-order valence-electron chi connectivity index (χ2n) is 2.02. The van der Waals surface area contributed by atoms with Gasteiger partial charge in [-0.15, -0.1) is 0 Å². The summed E-state index contributed by atoms with van der Waals surface area (Å²) >= 11 is 5.38. The Hall–Kier alpha value is -0.370. The zero-order valence-corrected chi connectivity index (χ0v) is 5.87. The number of nitrogens with zero attached hydrogens (tertiary/aromatic N) is 1. The van der Waals surface area contributed by atoms with Crippen molar-refractivity contribution in [3.63, 3.8) is 0 Å². The molecule has 0 aromatic heterocycles. The molecule has 0 amide bonds. The van der Waals surface area contributed by atoms with Crippen molar-refractivity contribution in [2.45, 2.75) is 13.3 Å². The molecule has 50 valence electrons. The fourth-order valence-corrected chi connectivity index (χ4v) is 0.923. The Morgan fingerprint density at radius 2 is 2.33 bits per heavy atom. The first-order valence-corrected chi connectivity index (χ1v) is 3.15. The van der Waals surface area contributed by atoms with E-state index in [9.17, 15) is 4.39 Å².